The van der Waals surface area contributed by atoms with Crippen LogP contribution in [-0.4, -0.2) is 39.7 Å². The highest BCUT2D eigenvalue weighted by molar-refractivity contribution is 5.73. The topological polar surface area (TPSA) is 78.7 Å². The van der Waals surface area contributed by atoms with Crippen molar-refractivity contribution in [2.24, 2.45) is 0 Å². The third-order valence-corrected chi connectivity index (χ3v) is 3.20. The number of carbonyl (C=O) groups is 1. The SMILES string of the molecule is CCCC(O)CNC(=O)NCCc1cn2ccccc2n1. The summed E-state index contributed by atoms with van der Waals surface area (Å²) < 4.78 is 1.95. The number of nitrogens with one attached hydrogen (secondary N) is 2. The first-order valence-electron chi connectivity index (χ1n) is 7.31. The molecule has 0 radical (unpaired) electrons. The highest BCUT2D eigenvalue weighted by Gasteiger charge is 2.06. The number of imidazole rings is 1. The van der Waals surface area contributed by atoms with Crippen molar-refractivity contribution in [3.8, 4) is 0 Å². The van der Waals surface area contributed by atoms with Crippen molar-refractivity contribution in [3.05, 3.63) is 36.3 Å². The van der Waals surface area contributed by atoms with Crippen LogP contribution in [0, 0.1) is 0 Å². The number of nitrogens with zero attached hydrogens (tertiary/aromatic N) is 2. The molecule has 0 saturated carbocycles. The van der Waals surface area contributed by atoms with Gasteiger partial charge in [-0.05, 0) is 18.6 Å². The van der Waals surface area contributed by atoms with Gasteiger partial charge in [-0.1, -0.05) is 19.4 Å². The van der Waals surface area contributed by atoms with Gasteiger partial charge >= 0.3 is 6.03 Å². The smallest absolute Gasteiger partial charge is 0.314 e. The molecule has 114 valence electrons. The number of aliphatic hydroxyl groups is 1. The number of fused-ring (bicyclic) bond motifs is 1. The van der Waals surface area contributed by atoms with Gasteiger partial charge in [-0.15, -0.1) is 0 Å². The summed E-state index contributed by atoms with van der Waals surface area (Å²) in [6.45, 7) is 2.80. The normalized spacial score (nSPS) is 12.3. The van der Waals surface area contributed by atoms with E-state index in [0.29, 0.717) is 19.4 Å². The molecule has 0 aliphatic carbocycles. The van der Waals surface area contributed by atoms with Crippen LogP contribution >= 0.6 is 0 Å². The van der Waals surface area contributed by atoms with Crippen LogP contribution in [-0.2, 0) is 6.42 Å². The van der Waals surface area contributed by atoms with E-state index in [9.17, 15) is 9.90 Å². The molecular formula is C15H22N4O2. The molecule has 0 bridgehead atoms. The van der Waals surface area contributed by atoms with Crippen molar-refractivity contribution < 1.29 is 9.90 Å². The number of urea groups is 1. The van der Waals surface area contributed by atoms with Gasteiger partial charge in [0.05, 0.1) is 11.8 Å². The Bertz CT molecular complexity index is 549. The standard InChI is InChI=1S/C15H22N4O2/c1-2-5-13(20)10-17-15(21)16-8-7-12-11-19-9-4-3-6-14(19)18-12/h3-4,6,9,11,13,20H,2,5,7-8,10H2,1H3,(H2,16,17,21). The lowest BCUT2D eigenvalue weighted by atomic mass is 10.2. The first kappa shape index (κ1) is 15.3. The molecule has 2 amide bonds. The van der Waals surface area contributed by atoms with Crippen LogP contribution in [0.1, 0.15) is 25.5 Å². The fraction of sp³-hybridized carbons (Fsp3) is 0.467. The van der Waals surface area contributed by atoms with Crippen molar-refractivity contribution in [2.75, 3.05) is 13.1 Å². The Morgan fingerprint density at radius 3 is 3.05 bits per heavy atom. The van der Waals surface area contributed by atoms with Crippen LogP contribution in [0.15, 0.2) is 30.6 Å². The monoisotopic (exact) mass is 290 g/mol. The predicted molar refractivity (Wildman–Crippen MR) is 81.2 cm³/mol. The minimum Gasteiger partial charge on any atom is -0.391 e. The zero-order valence-electron chi connectivity index (χ0n) is 12.2. The number of hydrogen-bond acceptors (Lipinski definition) is 3. The first-order valence-corrected chi connectivity index (χ1v) is 7.31. The highest BCUT2D eigenvalue weighted by atomic mass is 16.3. The lowest BCUT2D eigenvalue weighted by molar-refractivity contribution is 0.160. The van der Waals surface area contributed by atoms with Crippen molar-refractivity contribution in [1.29, 1.82) is 0 Å². The van der Waals surface area contributed by atoms with Gasteiger partial charge in [0.25, 0.3) is 0 Å². The Kier molecular flexibility index (Phi) is 5.57. The molecule has 2 heterocycles. The average Bonchev–Trinajstić information content (AvgIpc) is 2.88. The van der Waals surface area contributed by atoms with E-state index in [-0.39, 0.29) is 12.6 Å². The Morgan fingerprint density at radius 2 is 2.29 bits per heavy atom. The summed E-state index contributed by atoms with van der Waals surface area (Å²) in [5, 5.41) is 14.9. The van der Waals surface area contributed by atoms with Gasteiger partial charge in [0.15, 0.2) is 0 Å². The number of carbonyl (C=O) groups excluding carboxylic acids is 1. The molecule has 0 aliphatic rings. The van der Waals surface area contributed by atoms with Crippen LogP contribution in [0.5, 0.6) is 0 Å². The van der Waals surface area contributed by atoms with E-state index in [2.05, 4.69) is 15.6 Å². The zero-order valence-corrected chi connectivity index (χ0v) is 12.2. The predicted octanol–water partition coefficient (Wildman–Crippen LogP) is 1.34. The maximum atomic E-state index is 11.6. The second-order valence-corrected chi connectivity index (χ2v) is 5.03. The molecule has 6 heteroatoms. The van der Waals surface area contributed by atoms with Crippen molar-refractivity contribution in [1.82, 2.24) is 20.0 Å². The fourth-order valence-corrected chi connectivity index (χ4v) is 2.12. The molecule has 2 aromatic rings. The van der Waals surface area contributed by atoms with Crippen LogP contribution in [0.2, 0.25) is 0 Å². The summed E-state index contributed by atoms with van der Waals surface area (Å²) >= 11 is 0. The number of hydrogen-bond donors (Lipinski definition) is 3. The van der Waals surface area contributed by atoms with Crippen LogP contribution < -0.4 is 10.6 Å². The van der Waals surface area contributed by atoms with Crippen molar-refractivity contribution in [3.63, 3.8) is 0 Å². The fourth-order valence-electron chi connectivity index (χ4n) is 2.12. The lowest BCUT2D eigenvalue weighted by Gasteiger charge is -2.11. The summed E-state index contributed by atoms with van der Waals surface area (Å²) in [7, 11) is 0. The molecule has 21 heavy (non-hydrogen) atoms. The third-order valence-electron chi connectivity index (χ3n) is 3.20. The van der Waals surface area contributed by atoms with Crippen LogP contribution in [0.3, 0.4) is 0 Å². The van der Waals surface area contributed by atoms with E-state index in [1.165, 1.54) is 0 Å². The number of pyridine rings is 1. The van der Waals surface area contributed by atoms with Gasteiger partial charge in [0.1, 0.15) is 5.65 Å². The highest BCUT2D eigenvalue weighted by Crippen LogP contribution is 2.04. The third kappa shape index (κ3) is 4.75. The molecule has 0 aromatic carbocycles. The minimum absolute atomic E-state index is 0.256. The number of aliphatic hydroxyl groups excluding tert-OH is 1. The van der Waals surface area contributed by atoms with Crippen molar-refractivity contribution in [2.45, 2.75) is 32.3 Å². The molecule has 0 saturated heterocycles. The molecule has 3 N–H and O–H groups in total. The van der Waals surface area contributed by atoms with Crippen LogP contribution in [0.4, 0.5) is 4.79 Å². The first-order chi connectivity index (χ1) is 10.2. The van der Waals surface area contributed by atoms with Gasteiger partial charge < -0.3 is 20.1 Å². The Hall–Kier alpha value is -2.08. The van der Waals surface area contributed by atoms with Crippen molar-refractivity contribution >= 4 is 11.7 Å². The summed E-state index contributed by atoms with van der Waals surface area (Å²) in [6.07, 6.45) is 5.70. The van der Waals surface area contributed by atoms with E-state index in [1.807, 2.05) is 41.9 Å². The molecule has 0 fully saturated rings. The van der Waals surface area contributed by atoms with Gasteiger partial charge in [-0.25, -0.2) is 9.78 Å². The second-order valence-electron chi connectivity index (χ2n) is 5.03. The lowest BCUT2D eigenvalue weighted by Crippen LogP contribution is -2.40. The summed E-state index contributed by atoms with van der Waals surface area (Å²) in [4.78, 5) is 16.0. The van der Waals surface area contributed by atoms with E-state index in [1.54, 1.807) is 0 Å². The average molecular weight is 290 g/mol. The Morgan fingerprint density at radius 1 is 1.43 bits per heavy atom. The van der Waals surface area contributed by atoms with Crippen LogP contribution in [0.25, 0.3) is 5.65 Å². The van der Waals surface area contributed by atoms with E-state index >= 15 is 0 Å². The second kappa shape index (κ2) is 7.64. The van der Waals surface area contributed by atoms with E-state index in [0.717, 1.165) is 17.8 Å². The number of rotatable bonds is 7. The molecule has 2 aromatic heterocycles. The van der Waals surface area contributed by atoms with Gasteiger partial charge in [-0.2, -0.15) is 0 Å². The summed E-state index contributed by atoms with van der Waals surface area (Å²) in [5.74, 6) is 0. The molecule has 2 rings (SSSR count). The maximum absolute atomic E-state index is 11.6. The molecule has 1 atom stereocenters. The molecule has 0 aliphatic heterocycles. The number of amides is 2. The maximum Gasteiger partial charge on any atom is 0.314 e. The molecule has 1 unspecified atom stereocenters. The summed E-state index contributed by atoms with van der Waals surface area (Å²) in [5.41, 5.74) is 1.84. The minimum atomic E-state index is -0.473. The van der Waals surface area contributed by atoms with E-state index in [4.69, 9.17) is 0 Å². The molecule has 0 spiro atoms. The summed E-state index contributed by atoms with van der Waals surface area (Å²) in [6, 6.07) is 5.58. The Labute approximate surface area is 124 Å². The van der Waals surface area contributed by atoms with Gasteiger partial charge in [0.2, 0.25) is 0 Å². The number of aromatic nitrogens is 2. The molecular weight excluding hydrogens is 268 g/mol. The van der Waals surface area contributed by atoms with E-state index < -0.39 is 6.10 Å². The quantitative estimate of drug-likeness (QED) is 0.720. The van der Waals surface area contributed by atoms with Gasteiger partial charge in [0, 0.05) is 31.9 Å². The zero-order chi connectivity index (χ0) is 15.1. The largest absolute Gasteiger partial charge is 0.391 e. The molecule has 6 nitrogen and oxygen atoms in total. The Balaban J connectivity index is 1.70. The van der Waals surface area contributed by atoms with Gasteiger partial charge in [-0.3, -0.25) is 0 Å².